The van der Waals surface area contributed by atoms with Gasteiger partial charge in [0.25, 0.3) is 0 Å². The molecule has 1 aromatic carbocycles. The van der Waals surface area contributed by atoms with E-state index in [1.54, 1.807) is 0 Å². The molecule has 1 N–H and O–H groups in total. The molecule has 3 nitrogen and oxygen atoms in total. The van der Waals surface area contributed by atoms with E-state index >= 15 is 0 Å². The second-order valence-electron chi connectivity index (χ2n) is 4.63. The Kier molecular flexibility index (Phi) is 2.30. The lowest BCUT2D eigenvalue weighted by Gasteiger charge is -2.39. The van der Waals surface area contributed by atoms with E-state index in [-0.39, 0.29) is 12.4 Å². The van der Waals surface area contributed by atoms with Gasteiger partial charge in [-0.25, -0.2) is 0 Å². The minimum absolute atomic E-state index is 0.215. The maximum absolute atomic E-state index is 11.3. The molecule has 17 heavy (non-hydrogen) atoms. The molecule has 1 saturated heterocycles. The van der Waals surface area contributed by atoms with E-state index in [2.05, 4.69) is 0 Å². The molecule has 1 heterocycles. The zero-order valence-corrected chi connectivity index (χ0v) is 9.43. The fraction of sp³-hybridized carbons (Fsp3) is 0.357. The number of rotatable bonds is 0. The third-order valence-electron chi connectivity index (χ3n) is 3.59. The van der Waals surface area contributed by atoms with Crippen LogP contribution in [0.1, 0.15) is 30.4 Å². The molecule has 0 bridgehead atoms. The Morgan fingerprint density at radius 1 is 1.35 bits per heavy atom. The summed E-state index contributed by atoms with van der Waals surface area (Å²) in [7, 11) is 0. The van der Waals surface area contributed by atoms with Crippen LogP contribution >= 0.6 is 0 Å². The molecule has 2 atom stereocenters. The summed E-state index contributed by atoms with van der Waals surface area (Å²) in [6.07, 6.45) is 4.77. The summed E-state index contributed by atoms with van der Waals surface area (Å²) < 4.78 is 5.29. The lowest BCUT2D eigenvalue weighted by molar-refractivity contribution is -0.182. The predicted octanol–water partition coefficient (Wildman–Crippen LogP) is 2.00. The Morgan fingerprint density at radius 3 is 3.06 bits per heavy atom. The lowest BCUT2D eigenvalue weighted by atomic mass is 9.80. The fourth-order valence-electron chi connectivity index (χ4n) is 2.68. The first-order valence-corrected chi connectivity index (χ1v) is 5.88. The number of carbonyl (C=O) groups is 1. The van der Waals surface area contributed by atoms with Gasteiger partial charge in [0.15, 0.2) is 0 Å². The monoisotopic (exact) mass is 230 g/mol. The van der Waals surface area contributed by atoms with Crippen LogP contribution in [-0.4, -0.2) is 17.2 Å². The van der Waals surface area contributed by atoms with Gasteiger partial charge < -0.3 is 9.84 Å². The quantitative estimate of drug-likeness (QED) is 0.693. The average Bonchev–Trinajstić information content (AvgIpc) is 2.47. The number of carbonyl (C=O) groups excluding carboxylic acids is 1. The van der Waals surface area contributed by atoms with Crippen molar-refractivity contribution in [1.82, 2.24) is 0 Å². The predicted molar refractivity (Wildman–Crippen MR) is 63.1 cm³/mol. The van der Waals surface area contributed by atoms with E-state index in [9.17, 15) is 9.90 Å². The van der Waals surface area contributed by atoms with Gasteiger partial charge in [0.2, 0.25) is 0 Å². The Labute approximate surface area is 99.7 Å². The molecule has 0 amide bonds. The Bertz CT molecular complexity index is 492. The van der Waals surface area contributed by atoms with E-state index < -0.39 is 11.7 Å². The average molecular weight is 230 g/mol. The number of fused-ring (bicyclic) bond motifs is 3. The summed E-state index contributed by atoms with van der Waals surface area (Å²) in [6.45, 7) is 0. The summed E-state index contributed by atoms with van der Waals surface area (Å²) in [4.78, 5) is 11.3. The van der Waals surface area contributed by atoms with Crippen LogP contribution in [0.3, 0.4) is 0 Å². The minimum atomic E-state index is -1.03. The highest BCUT2D eigenvalue weighted by Crippen LogP contribution is 2.41. The van der Waals surface area contributed by atoms with Gasteiger partial charge in [0.05, 0.1) is 0 Å². The molecule has 0 spiro atoms. The standard InChI is InChI=1S/C14H14O3/c15-13-8-9-14(16)11-6-2-1-4-10(11)5-3-7-12(14)17-13/h1-6,12,16H,7-9H2/t12-,14-/m1/s1. The first-order valence-electron chi connectivity index (χ1n) is 5.88. The molecule has 3 rings (SSSR count). The molecule has 0 radical (unpaired) electrons. The van der Waals surface area contributed by atoms with Crippen molar-refractivity contribution in [2.24, 2.45) is 0 Å². The van der Waals surface area contributed by atoms with Gasteiger partial charge in [-0.15, -0.1) is 0 Å². The maximum Gasteiger partial charge on any atom is 0.306 e. The van der Waals surface area contributed by atoms with Crippen LogP contribution in [0.2, 0.25) is 0 Å². The lowest BCUT2D eigenvalue weighted by Crippen LogP contribution is -2.46. The van der Waals surface area contributed by atoms with E-state index in [4.69, 9.17) is 4.74 Å². The summed E-state index contributed by atoms with van der Waals surface area (Å²) in [5, 5.41) is 10.8. The number of esters is 1. The Balaban J connectivity index is 2.12. The largest absolute Gasteiger partial charge is 0.459 e. The fourth-order valence-corrected chi connectivity index (χ4v) is 2.68. The number of ether oxygens (including phenoxy) is 1. The first-order chi connectivity index (χ1) is 8.20. The highest BCUT2D eigenvalue weighted by Gasteiger charge is 2.45. The van der Waals surface area contributed by atoms with Gasteiger partial charge in [0.1, 0.15) is 11.7 Å². The number of hydrogen-bond donors (Lipinski definition) is 1. The van der Waals surface area contributed by atoms with Crippen LogP contribution < -0.4 is 0 Å². The van der Waals surface area contributed by atoms with Gasteiger partial charge >= 0.3 is 5.97 Å². The molecule has 0 saturated carbocycles. The molecule has 1 fully saturated rings. The smallest absolute Gasteiger partial charge is 0.306 e. The summed E-state index contributed by atoms with van der Waals surface area (Å²) in [5.41, 5.74) is 0.843. The number of benzene rings is 1. The van der Waals surface area contributed by atoms with Gasteiger partial charge in [-0.05, 0) is 17.5 Å². The number of aliphatic hydroxyl groups is 1. The van der Waals surface area contributed by atoms with Crippen molar-refractivity contribution in [2.45, 2.75) is 31.0 Å². The van der Waals surface area contributed by atoms with E-state index in [1.165, 1.54) is 0 Å². The van der Waals surface area contributed by atoms with Gasteiger partial charge in [0, 0.05) is 12.8 Å². The summed E-state index contributed by atoms with van der Waals surface area (Å²) in [6, 6.07) is 7.74. The van der Waals surface area contributed by atoms with Crippen molar-refractivity contribution < 1.29 is 14.6 Å². The van der Waals surface area contributed by atoms with Gasteiger partial charge in [-0.2, -0.15) is 0 Å². The van der Waals surface area contributed by atoms with Crippen molar-refractivity contribution in [3.8, 4) is 0 Å². The first kappa shape index (κ1) is 10.5. The molecular weight excluding hydrogens is 216 g/mol. The second kappa shape index (κ2) is 3.70. The molecule has 0 unspecified atom stereocenters. The zero-order chi connectivity index (χ0) is 11.9. The molecule has 1 aliphatic carbocycles. The SMILES string of the molecule is O=C1CC[C@@]2(O)c3ccccc3C=CC[C@H]2O1. The van der Waals surface area contributed by atoms with Crippen molar-refractivity contribution in [3.05, 3.63) is 41.5 Å². The van der Waals surface area contributed by atoms with Crippen LogP contribution in [-0.2, 0) is 15.1 Å². The van der Waals surface area contributed by atoms with Crippen LogP contribution in [0.5, 0.6) is 0 Å². The number of hydrogen-bond acceptors (Lipinski definition) is 3. The van der Waals surface area contributed by atoms with E-state index in [1.807, 2.05) is 36.4 Å². The zero-order valence-electron chi connectivity index (χ0n) is 9.43. The van der Waals surface area contributed by atoms with Crippen LogP contribution in [0.25, 0.3) is 6.08 Å². The molecule has 1 aliphatic heterocycles. The Hall–Kier alpha value is -1.61. The molecular formula is C14H14O3. The molecule has 88 valence electrons. The maximum atomic E-state index is 11.3. The highest BCUT2D eigenvalue weighted by molar-refractivity contribution is 5.71. The van der Waals surface area contributed by atoms with E-state index in [0.29, 0.717) is 12.8 Å². The Morgan fingerprint density at radius 2 is 2.18 bits per heavy atom. The van der Waals surface area contributed by atoms with Gasteiger partial charge in [-0.1, -0.05) is 36.4 Å². The third-order valence-corrected chi connectivity index (χ3v) is 3.59. The summed E-state index contributed by atoms with van der Waals surface area (Å²) in [5.74, 6) is -0.215. The third kappa shape index (κ3) is 1.58. The minimum Gasteiger partial charge on any atom is -0.459 e. The highest BCUT2D eigenvalue weighted by atomic mass is 16.6. The molecule has 3 heteroatoms. The van der Waals surface area contributed by atoms with Crippen molar-refractivity contribution in [3.63, 3.8) is 0 Å². The molecule has 2 aliphatic rings. The molecule has 0 aromatic heterocycles. The van der Waals surface area contributed by atoms with Crippen molar-refractivity contribution >= 4 is 12.0 Å². The molecule has 1 aromatic rings. The van der Waals surface area contributed by atoms with E-state index in [0.717, 1.165) is 11.1 Å². The van der Waals surface area contributed by atoms with Crippen LogP contribution in [0.4, 0.5) is 0 Å². The summed E-state index contributed by atoms with van der Waals surface area (Å²) >= 11 is 0. The van der Waals surface area contributed by atoms with Crippen LogP contribution in [0.15, 0.2) is 30.3 Å². The topological polar surface area (TPSA) is 46.5 Å². The van der Waals surface area contributed by atoms with Gasteiger partial charge in [-0.3, -0.25) is 4.79 Å². The normalized spacial score (nSPS) is 31.1. The van der Waals surface area contributed by atoms with Crippen molar-refractivity contribution in [1.29, 1.82) is 0 Å². The van der Waals surface area contributed by atoms with Crippen LogP contribution in [0, 0.1) is 0 Å². The second-order valence-corrected chi connectivity index (χ2v) is 4.63. The van der Waals surface area contributed by atoms with Crippen molar-refractivity contribution in [2.75, 3.05) is 0 Å².